The molecule has 20 heavy (non-hydrogen) atoms. The fraction of sp³-hybridized carbons (Fsp3) is 0.333. The van der Waals surface area contributed by atoms with Crippen LogP contribution in [0.15, 0.2) is 12.1 Å². The van der Waals surface area contributed by atoms with Crippen molar-refractivity contribution in [3.8, 4) is 11.5 Å². The van der Waals surface area contributed by atoms with Crippen LogP contribution in [-0.2, 0) is 15.7 Å². The van der Waals surface area contributed by atoms with E-state index in [1.165, 1.54) is 6.92 Å². The maximum absolute atomic E-state index is 12.7. The van der Waals surface area contributed by atoms with Gasteiger partial charge in [-0.25, -0.2) is 4.79 Å². The third-order valence-corrected chi connectivity index (χ3v) is 2.35. The Morgan fingerprint density at radius 2 is 1.90 bits per heavy atom. The number of benzene rings is 1. The summed E-state index contributed by atoms with van der Waals surface area (Å²) in [5.41, 5.74) is -1.87. The lowest BCUT2D eigenvalue weighted by Crippen LogP contribution is -2.18. The standard InChI is InChI=1S/C12H11F3O5/c1-3-20-11(18)9(17)6-4-5-7(12(13,14)15)10(19-2)8(6)16/h4-5,16H,3H2,1-2H3. The average Bonchev–Trinajstić information content (AvgIpc) is 2.36. The Bertz CT molecular complexity index is 537. The number of aromatic hydroxyl groups is 1. The number of carbonyl (C=O) groups excluding carboxylic acids is 2. The summed E-state index contributed by atoms with van der Waals surface area (Å²) in [6.07, 6.45) is -4.77. The monoisotopic (exact) mass is 292 g/mol. The molecule has 0 aliphatic heterocycles. The number of Topliss-reactive ketones (excluding diaryl/α,β-unsaturated/α-hetero) is 1. The van der Waals surface area contributed by atoms with Crippen molar-refractivity contribution in [2.24, 2.45) is 0 Å². The molecule has 0 saturated heterocycles. The molecule has 0 saturated carbocycles. The van der Waals surface area contributed by atoms with Gasteiger partial charge in [0, 0.05) is 0 Å². The first-order chi connectivity index (χ1) is 9.23. The number of phenolic OH excluding ortho intramolecular Hbond substituents is 1. The van der Waals surface area contributed by atoms with Gasteiger partial charge in [0.2, 0.25) is 0 Å². The van der Waals surface area contributed by atoms with Gasteiger partial charge >= 0.3 is 12.1 Å². The molecular weight excluding hydrogens is 281 g/mol. The molecule has 0 heterocycles. The molecule has 0 amide bonds. The van der Waals surface area contributed by atoms with Crippen molar-refractivity contribution in [2.45, 2.75) is 13.1 Å². The SMILES string of the molecule is CCOC(=O)C(=O)c1ccc(C(F)(F)F)c(OC)c1O. The van der Waals surface area contributed by atoms with E-state index in [1.807, 2.05) is 0 Å². The van der Waals surface area contributed by atoms with Crippen molar-refractivity contribution in [3.63, 3.8) is 0 Å². The van der Waals surface area contributed by atoms with Crippen LogP contribution in [0.25, 0.3) is 0 Å². The van der Waals surface area contributed by atoms with Crippen LogP contribution in [0.1, 0.15) is 22.8 Å². The molecule has 110 valence electrons. The van der Waals surface area contributed by atoms with Crippen molar-refractivity contribution in [1.82, 2.24) is 0 Å². The highest BCUT2D eigenvalue weighted by Gasteiger charge is 2.37. The van der Waals surface area contributed by atoms with Gasteiger partial charge in [-0.1, -0.05) is 0 Å². The van der Waals surface area contributed by atoms with Crippen LogP contribution in [0.3, 0.4) is 0 Å². The summed E-state index contributed by atoms with van der Waals surface area (Å²) in [6, 6.07) is 1.24. The van der Waals surface area contributed by atoms with Gasteiger partial charge in [-0.3, -0.25) is 4.79 Å². The molecule has 0 spiro atoms. The van der Waals surface area contributed by atoms with Crippen molar-refractivity contribution >= 4 is 11.8 Å². The molecule has 1 aromatic carbocycles. The smallest absolute Gasteiger partial charge is 0.420 e. The third kappa shape index (κ3) is 3.01. The van der Waals surface area contributed by atoms with E-state index >= 15 is 0 Å². The lowest BCUT2D eigenvalue weighted by Gasteiger charge is -2.14. The Hall–Kier alpha value is -2.25. The molecule has 0 radical (unpaired) electrons. The number of rotatable bonds is 4. The Morgan fingerprint density at radius 3 is 2.35 bits per heavy atom. The quantitative estimate of drug-likeness (QED) is 0.523. The summed E-state index contributed by atoms with van der Waals surface area (Å²) < 4.78 is 46.9. The lowest BCUT2D eigenvalue weighted by atomic mass is 10.0. The van der Waals surface area contributed by atoms with Crippen LogP contribution in [-0.4, -0.2) is 30.6 Å². The zero-order valence-corrected chi connectivity index (χ0v) is 10.6. The Balaban J connectivity index is 3.33. The first kappa shape index (κ1) is 15.8. The highest BCUT2D eigenvalue weighted by molar-refractivity contribution is 6.41. The van der Waals surface area contributed by atoms with Gasteiger partial charge in [0.25, 0.3) is 5.78 Å². The average molecular weight is 292 g/mol. The van der Waals surface area contributed by atoms with Crippen molar-refractivity contribution in [1.29, 1.82) is 0 Å². The van der Waals surface area contributed by atoms with Gasteiger partial charge in [-0.15, -0.1) is 0 Å². The number of hydrogen-bond donors (Lipinski definition) is 1. The number of hydrogen-bond acceptors (Lipinski definition) is 5. The van der Waals surface area contributed by atoms with Gasteiger partial charge in [-0.2, -0.15) is 13.2 Å². The highest BCUT2D eigenvalue weighted by Crippen LogP contribution is 2.42. The fourth-order valence-electron chi connectivity index (χ4n) is 1.49. The van der Waals surface area contributed by atoms with Gasteiger partial charge < -0.3 is 14.6 Å². The zero-order valence-electron chi connectivity index (χ0n) is 10.6. The molecular formula is C12H11F3O5. The first-order valence-corrected chi connectivity index (χ1v) is 5.42. The maximum atomic E-state index is 12.7. The molecule has 0 unspecified atom stereocenters. The molecule has 0 aromatic heterocycles. The van der Waals surface area contributed by atoms with Crippen molar-refractivity contribution in [3.05, 3.63) is 23.3 Å². The lowest BCUT2D eigenvalue weighted by molar-refractivity contribution is -0.139. The Labute approximate surface area is 111 Å². The van der Waals surface area contributed by atoms with Gasteiger partial charge in [-0.05, 0) is 19.1 Å². The molecule has 1 rings (SSSR count). The number of carbonyl (C=O) groups is 2. The second-order valence-electron chi connectivity index (χ2n) is 3.59. The van der Waals surface area contributed by atoms with E-state index < -0.39 is 40.6 Å². The molecule has 0 aliphatic rings. The van der Waals surface area contributed by atoms with Crippen LogP contribution in [0.2, 0.25) is 0 Å². The van der Waals surface area contributed by atoms with Crippen molar-refractivity contribution in [2.75, 3.05) is 13.7 Å². The van der Waals surface area contributed by atoms with E-state index in [2.05, 4.69) is 9.47 Å². The molecule has 0 aliphatic carbocycles. The van der Waals surface area contributed by atoms with Crippen LogP contribution in [0.4, 0.5) is 13.2 Å². The topological polar surface area (TPSA) is 72.8 Å². The summed E-state index contributed by atoms with van der Waals surface area (Å²) in [4.78, 5) is 22.8. The molecule has 1 aromatic rings. The number of ketones is 1. The van der Waals surface area contributed by atoms with E-state index in [1.54, 1.807) is 0 Å². The first-order valence-electron chi connectivity index (χ1n) is 5.42. The van der Waals surface area contributed by atoms with E-state index in [9.17, 15) is 27.9 Å². The highest BCUT2D eigenvalue weighted by atomic mass is 19.4. The molecule has 0 fully saturated rings. The van der Waals surface area contributed by atoms with Gasteiger partial charge in [0.05, 0.1) is 19.3 Å². The van der Waals surface area contributed by atoms with Gasteiger partial charge in [0.15, 0.2) is 11.5 Å². The van der Waals surface area contributed by atoms with Crippen LogP contribution < -0.4 is 4.74 Å². The van der Waals surface area contributed by atoms with Crippen LogP contribution in [0.5, 0.6) is 11.5 Å². The largest absolute Gasteiger partial charge is 0.504 e. The summed E-state index contributed by atoms with van der Waals surface area (Å²) in [5, 5.41) is 9.67. The number of esters is 1. The normalized spacial score (nSPS) is 11.1. The minimum Gasteiger partial charge on any atom is -0.504 e. The van der Waals surface area contributed by atoms with E-state index in [0.717, 1.165) is 7.11 Å². The number of methoxy groups -OCH3 is 1. The van der Waals surface area contributed by atoms with Crippen LogP contribution >= 0.6 is 0 Å². The van der Waals surface area contributed by atoms with Crippen LogP contribution in [0, 0.1) is 0 Å². The summed E-state index contributed by atoms with van der Waals surface area (Å²) >= 11 is 0. The fourth-order valence-corrected chi connectivity index (χ4v) is 1.49. The molecule has 8 heteroatoms. The Morgan fingerprint density at radius 1 is 1.30 bits per heavy atom. The predicted molar refractivity (Wildman–Crippen MR) is 60.6 cm³/mol. The number of alkyl halides is 3. The molecule has 0 bridgehead atoms. The third-order valence-electron chi connectivity index (χ3n) is 2.35. The minimum atomic E-state index is -4.77. The predicted octanol–water partition coefficient (Wildman–Crippen LogP) is 2.17. The summed E-state index contributed by atoms with van der Waals surface area (Å²) in [5.74, 6) is -4.51. The number of halogens is 3. The number of ether oxygens (including phenoxy) is 2. The summed E-state index contributed by atoms with van der Waals surface area (Å²) in [7, 11) is 0.906. The summed E-state index contributed by atoms with van der Waals surface area (Å²) in [6.45, 7) is 1.38. The zero-order chi connectivity index (χ0) is 15.5. The Kier molecular flexibility index (Phi) is 4.59. The van der Waals surface area contributed by atoms with E-state index in [-0.39, 0.29) is 6.61 Å². The molecule has 1 N–H and O–H groups in total. The molecule has 5 nitrogen and oxygen atoms in total. The van der Waals surface area contributed by atoms with E-state index in [4.69, 9.17) is 0 Å². The number of phenols is 1. The van der Waals surface area contributed by atoms with E-state index in [0.29, 0.717) is 12.1 Å². The maximum Gasteiger partial charge on any atom is 0.420 e. The molecule has 0 atom stereocenters. The minimum absolute atomic E-state index is 0.0803. The van der Waals surface area contributed by atoms with Crippen molar-refractivity contribution < 1.29 is 37.3 Å². The van der Waals surface area contributed by atoms with Gasteiger partial charge in [0.1, 0.15) is 5.56 Å². The second-order valence-corrected chi connectivity index (χ2v) is 3.59. The second kappa shape index (κ2) is 5.81.